The first kappa shape index (κ1) is 363. The predicted octanol–water partition coefficient (Wildman–Crippen LogP) is -3.51. The van der Waals surface area contributed by atoms with Crippen molar-refractivity contribution in [1.82, 2.24) is 0 Å². The van der Waals surface area contributed by atoms with Crippen LogP contribution in [0.15, 0.2) is 0 Å². The van der Waals surface area contributed by atoms with Crippen LogP contribution in [0.5, 0.6) is 0 Å². The zero-order valence-electron chi connectivity index (χ0n) is 3.26. The number of halogens is 1. The van der Waals surface area contributed by atoms with Crippen LogP contribution in [0, 0.1) is 0 Å². The van der Waals surface area contributed by atoms with Crippen LogP contribution in [-0.2, 0) is 17.1 Å². The first-order valence-corrected chi connectivity index (χ1v) is 0. The van der Waals surface area contributed by atoms with Crippen LogP contribution >= 0.6 is 24.0 Å². The van der Waals surface area contributed by atoms with Gasteiger partial charge in [0.15, 0.2) is 0 Å². The maximum atomic E-state index is 0. The third-order valence-electron chi connectivity index (χ3n) is 0. The van der Waals surface area contributed by atoms with Gasteiger partial charge in [-0.3, -0.25) is 0 Å². The summed E-state index contributed by atoms with van der Waals surface area (Å²) in [6.07, 6.45) is 0. The molecule has 0 aromatic heterocycles. The van der Waals surface area contributed by atoms with Gasteiger partial charge in [-0.05, 0) is 0 Å². The quantitative estimate of drug-likeness (QED) is 0.317. The number of rotatable bonds is 0. The fraction of sp³-hybridized carbons (Fsp3) is 0. The summed E-state index contributed by atoms with van der Waals surface area (Å²) in [4.78, 5) is 0. The Hall–Kier alpha value is 1.05. The van der Waals surface area contributed by atoms with E-state index in [0.29, 0.717) is 0 Å². The van der Waals surface area contributed by atoms with Crippen molar-refractivity contribution in [3.8, 4) is 0 Å². The zero-order chi connectivity index (χ0) is 0. The average Bonchev–Trinajstić information content (AvgIpc) is 0. The maximum Gasteiger partial charge on any atom is 0 e. The molecule has 0 fully saturated rings. The molecular formula is H11FeIO5. The van der Waals surface area contributed by atoms with E-state index in [1.807, 2.05) is 0 Å². The number of hydrogen-bond acceptors (Lipinski definition) is 0. The van der Waals surface area contributed by atoms with Crippen molar-refractivity contribution in [3.63, 3.8) is 0 Å². The van der Waals surface area contributed by atoms with Gasteiger partial charge in [0, 0.05) is 17.1 Å². The van der Waals surface area contributed by atoms with Crippen molar-refractivity contribution in [3.05, 3.63) is 0 Å². The summed E-state index contributed by atoms with van der Waals surface area (Å²) in [7, 11) is 0. The average molecular weight is 274 g/mol. The molecular weight excluding hydrogens is 263 g/mol. The molecule has 0 saturated carbocycles. The molecule has 7 heavy (non-hydrogen) atoms. The van der Waals surface area contributed by atoms with E-state index in [2.05, 4.69) is 0 Å². The Morgan fingerprint density at radius 1 is 0.429 bits per heavy atom. The van der Waals surface area contributed by atoms with E-state index in [1.54, 1.807) is 0 Å². The van der Waals surface area contributed by atoms with E-state index in [4.69, 9.17) is 0 Å². The molecule has 0 aliphatic rings. The van der Waals surface area contributed by atoms with Gasteiger partial charge in [-0.2, -0.15) is 0 Å². The van der Waals surface area contributed by atoms with E-state index >= 15 is 0 Å². The van der Waals surface area contributed by atoms with Crippen LogP contribution in [0.25, 0.3) is 0 Å². The standard InChI is InChI=1S/Fe.HI.5H2O/h;1H;5*1H2. The number of hydrogen-bond donors (Lipinski definition) is 0. The van der Waals surface area contributed by atoms with Crippen molar-refractivity contribution in [2.24, 2.45) is 0 Å². The van der Waals surface area contributed by atoms with Crippen molar-refractivity contribution in [2.75, 3.05) is 0 Å². The zero-order valence-corrected chi connectivity index (χ0v) is 6.70. The molecule has 5 nitrogen and oxygen atoms in total. The van der Waals surface area contributed by atoms with Gasteiger partial charge in [0.2, 0.25) is 0 Å². The predicted molar refractivity (Wildman–Crippen MR) is 33.5 cm³/mol. The molecule has 0 saturated heterocycles. The summed E-state index contributed by atoms with van der Waals surface area (Å²) in [5.74, 6) is 0. The van der Waals surface area contributed by atoms with Crippen LogP contribution < -0.4 is 0 Å². The summed E-state index contributed by atoms with van der Waals surface area (Å²) < 4.78 is 0. The van der Waals surface area contributed by atoms with Gasteiger partial charge in [0.05, 0.1) is 0 Å². The van der Waals surface area contributed by atoms with Gasteiger partial charge in [-0.25, -0.2) is 0 Å². The Kier molecular flexibility index (Phi) is 12200. The summed E-state index contributed by atoms with van der Waals surface area (Å²) in [6, 6.07) is 0. The van der Waals surface area contributed by atoms with E-state index in [9.17, 15) is 0 Å². The van der Waals surface area contributed by atoms with E-state index < -0.39 is 0 Å². The molecule has 0 radical (unpaired) electrons. The van der Waals surface area contributed by atoms with Crippen LogP contribution in [-0.4, -0.2) is 27.4 Å². The van der Waals surface area contributed by atoms with Crippen LogP contribution in [0.2, 0.25) is 0 Å². The second-order valence-corrected chi connectivity index (χ2v) is 0. The van der Waals surface area contributed by atoms with Crippen molar-refractivity contribution in [1.29, 1.82) is 0 Å². The molecule has 0 bridgehead atoms. The normalized spacial score (nSPS) is 0. The second-order valence-electron chi connectivity index (χ2n) is 0. The molecule has 0 heterocycles. The van der Waals surface area contributed by atoms with Crippen LogP contribution in [0.4, 0.5) is 0 Å². The molecule has 0 atom stereocenters. The molecule has 0 spiro atoms. The molecule has 0 rings (SSSR count). The van der Waals surface area contributed by atoms with Crippen LogP contribution in [0.3, 0.4) is 0 Å². The van der Waals surface area contributed by atoms with Gasteiger partial charge >= 0.3 is 0 Å². The molecule has 0 aromatic rings. The summed E-state index contributed by atoms with van der Waals surface area (Å²) >= 11 is 0. The van der Waals surface area contributed by atoms with E-state index in [0.717, 1.165) is 0 Å². The van der Waals surface area contributed by atoms with Gasteiger partial charge in [0.25, 0.3) is 0 Å². The third kappa shape index (κ3) is 163. The molecule has 7 heteroatoms. The Labute approximate surface area is 68.5 Å². The summed E-state index contributed by atoms with van der Waals surface area (Å²) in [5.41, 5.74) is 0. The van der Waals surface area contributed by atoms with Crippen molar-refractivity contribution >= 4 is 24.0 Å². The summed E-state index contributed by atoms with van der Waals surface area (Å²) in [5, 5.41) is 0. The topological polar surface area (TPSA) is 158 Å². The minimum atomic E-state index is 0. The van der Waals surface area contributed by atoms with Gasteiger partial charge in [-0.1, -0.05) is 0 Å². The van der Waals surface area contributed by atoms with Crippen molar-refractivity contribution in [2.45, 2.75) is 0 Å². The van der Waals surface area contributed by atoms with Gasteiger partial charge < -0.3 is 27.4 Å². The van der Waals surface area contributed by atoms with Gasteiger partial charge in [0.1, 0.15) is 0 Å². The minimum absolute atomic E-state index is 0. The molecule has 0 aliphatic carbocycles. The van der Waals surface area contributed by atoms with Crippen LogP contribution in [0.1, 0.15) is 0 Å². The monoisotopic (exact) mass is 274 g/mol. The third-order valence-corrected chi connectivity index (χ3v) is 0. The minimum Gasteiger partial charge on any atom is -0.412 e. The fourth-order valence-corrected chi connectivity index (χ4v) is 0. The Morgan fingerprint density at radius 2 is 0.429 bits per heavy atom. The second kappa shape index (κ2) is 234. The SMILES string of the molecule is I.O.O.O.O.O.[Fe]. The van der Waals surface area contributed by atoms with E-state index in [-0.39, 0.29) is 68.4 Å². The van der Waals surface area contributed by atoms with Gasteiger partial charge in [-0.15, -0.1) is 24.0 Å². The Balaban J connectivity index is 0. The molecule has 0 unspecified atom stereocenters. The van der Waals surface area contributed by atoms with Crippen molar-refractivity contribution < 1.29 is 44.4 Å². The fourth-order valence-electron chi connectivity index (χ4n) is 0. The first-order chi connectivity index (χ1) is 0. The molecule has 0 amide bonds. The molecule has 56 valence electrons. The first-order valence-electron chi connectivity index (χ1n) is 0. The maximum absolute atomic E-state index is 0. The largest absolute Gasteiger partial charge is 0.412 e. The Morgan fingerprint density at radius 3 is 0.429 bits per heavy atom. The molecule has 0 aromatic carbocycles. The molecule has 0 aliphatic heterocycles. The van der Waals surface area contributed by atoms with E-state index in [1.165, 1.54) is 0 Å². The Bertz CT molecular complexity index is 8.04. The summed E-state index contributed by atoms with van der Waals surface area (Å²) in [6.45, 7) is 0. The molecule has 10 N–H and O–H groups in total. The smallest absolute Gasteiger partial charge is 0 e.